The van der Waals surface area contributed by atoms with E-state index < -0.39 is 0 Å². The van der Waals surface area contributed by atoms with E-state index in [4.69, 9.17) is 0 Å². The predicted molar refractivity (Wildman–Crippen MR) is 111 cm³/mol. The Bertz CT molecular complexity index is 1030. The fourth-order valence-corrected chi connectivity index (χ4v) is 4.88. The molecule has 0 aliphatic carbocycles. The number of carbonyl (C=O) groups is 1. The number of nitrogens with zero attached hydrogens (tertiary/aromatic N) is 3. The summed E-state index contributed by atoms with van der Waals surface area (Å²) in [5, 5.41) is 8.92. The highest BCUT2D eigenvalue weighted by Crippen LogP contribution is 2.36. The summed E-state index contributed by atoms with van der Waals surface area (Å²) >= 11 is 0. The first-order valence-corrected chi connectivity index (χ1v) is 10.2. The van der Waals surface area contributed by atoms with Crippen LogP contribution in [0.2, 0.25) is 0 Å². The maximum atomic E-state index is 13.2. The first kappa shape index (κ1) is 17.4. The normalized spacial score (nSPS) is 22.2. The van der Waals surface area contributed by atoms with Crippen LogP contribution in [0.4, 0.5) is 0 Å². The summed E-state index contributed by atoms with van der Waals surface area (Å²) in [6, 6.07) is 14.4. The number of hydrogen-bond donors (Lipinski definition) is 1. The Balaban J connectivity index is 1.42. The van der Waals surface area contributed by atoms with Crippen molar-refractivity contribution in [3.05, 3.63) is 54.2 Å². The minimum absolute atomic E-state index is 0.162. The molecule has 144 valence electrons. The van der Waals surface area contributed by atoms with Gasteiger partial charge in [-0.15, -0.1) is 0 Å². The van der Waals surface area contributed by atoms with Crippen molar-refractivity contribution >= 4 is 16.8 Å². The van der Waals surface area contributed by atoms with Gasteiger partial charge in [0, 0.05) is 43.0 Å². The molecule has 1 N–H and O–H groups in total. The summed E-state index contributed by atoms with van der Waals surface area (Å²) in [4.78, 5) is 15.3. The van der Waals surface area contributed by atoms with Gasteiger partial charge in [-0.25, -0.2) is 0 Å². The van der Waals surface area contributed by atoms with E-state index in [1.54, 1.807) is 0 Å². The molecule has 1 atom stereocenters. The van der Waals surface area contributed by atoms with Gasteiger partial charge in [0.2, 0.25) is 0 Å². The van der Waals surface area contributed by atoms with E-state index in [0.29, 0.717) is 0 Å². The third kappa shape index (κ3) is 3.00. The molecule has 1 spiro atoms. The molecule has 1 amide bonds. The highest BCUT2D eigenvalue weighted by Gasteiger charge is 2.39. The molecule has 3 heterocycles. The second-order valence-corrected chi connectivity index (χ2v) is 8.38. The summed E-state index contributed by atoms with van der Waals surface area (Å²) in [6.45, 7) is 3.87. The summed E-state index contributed by atoms with van der Waals surface area (Å²) in [7, 11) is 1.95. The SMILES string of the molecule is Cn1ncc2cc(-c3cccc(C(=O)N4CCC[C@]5(CCNC5)C4)c3)ccc21. The number of aromatic nitrogens is 2. The third-order valence-electron chi connectivity index (χ3n) is 6.47. The summed E-state index contributed by atoms with van der Waals surface area (Å²) in [5.41, 5.74) is 4.37. The van der Waals surface area contributed by atoms with Gasteiger partial charge in [-0.3, -0.25) is 9.48 Å². The minimum atomic E-state index is 0.162. The zero-order valence-corrected chi connectivity index (χ0v) is 16.3. The molecule has 3 aromatic rings. The Labute approximate surface area is 165 Å². The lowest BCUT2D eigenvalue weighted by molar-refractivity contribution is 0.0553. The third-order valence-corrected chi connectivity index (χ3v) is 6.47. The van der Waals surface area contributed by atoms with Crippen LogP contribution in [0.3, 0.4) is 0 Å². The molecule has 0 saturated carbocycles. The van der Waals surface area contributed by atoms with E-state index in [1.807, 2.05) is 36.1 Å². The van der Waals surface area contributed by atoms with Gasteiger partial charge in [0.1, 0.15) is 0 Å². The molecule has 2 aromatic carbocycles. The van der Waals surface area contributed by atoms with E-state index in [-0.39, 0.29) is 11.3 Å². The molecule has 0 unspecified atom stereocenters. The van der Waals surface area contributed by atoms with Crippen molar-refractivity contribution in [3.8, 4) is 11.1 Å². The van der Waals surface area contributed by atoms with E-state index in [0.717, 1.165) is 60.2 Å². The van der Waals surface area contributed by atoms with Crippen molar-refractivity contribution < 1.29 is 4.79 Å². The molecule has 2 fully saturated rings. The Morgan fingerprint density at radius 3 is 2.89 bits per heavy atom. The van der Waals surface area contributed by atoms with Gasteiger partial charge in [0.05, 0.1) is 11.7 Å². The molecular weight excluding hydrogens is 348 g/mol. The molecule has 0 radical (unpaired) electrons. The molecule has 2 aliphatic rings. The molecular formula is C23H26N4O. The highest BCUT2D eigenvalue weighted by atomic mass is 16.2. The van der Waals surface area contributed by atoms with Crippen molar-refractivity contribution in [1.29, 1.82) is 0 Å². The second-order valence-electron chi connectivity index (χ2n) is 8.38. The molecule has 0 bridgehead atoms. The zero-order valence-electron chi connectivity index (χ0n) is 16.3. The van der Waals surface area contributed by atoms with Crippen molar-refractivity contribution in [2.24, 2.45) is 12.5 Å². The smallest absolute Gasteiger partial charge is 0.253 e. The Morgan fingerprint density at radius 2 is 2.04 bits per heavy atom. The lowest BCUT2D eigenvalue weighted by atomic mass is 9.79. The number of likely N-dealkylation sites (tertiary alicyclic amines) is 1. The van der Waals surface area contributed by atoms with E-state index in [1.165, 1.54) is 12.8 Å². The van der Waals surface area contributed by atoms with Gasteiger partial charge in [-0.1, -0.05) is 18.2 Å². The van der Waals surface area contributed by atoms with Gasteiger partial charge >= 0.3 is 0 Å². The summed E-state index contributed by atoms with van der Waals surface area (Å²) in [5.74, 6) is 0.162. The van der Waals surface area contributed by atoms with Crippen LogP contribution in [0, 0.1) is 5.41 Å². The topological polar surface area (TPSA) is 50.2 Å². The second kappa shape index (κ2) is 6.74. The van der Waals surface area contributed by atoms with Gasteiger partial charge in [-0.2, -0.15) is 5.10 Å². The first-order chi connectivity index (χ1) is 13.6. The van der Waals surface area contributed by atoms with Crippen LogP contribution in [0.5, 0.6) is 0 Å². The van der Waals surface area contributed by atoms with E-state index >= 15 is 0 Å². The van der Waals surface area contributed by atoms with Crippen LogP contribution in [0.15, 0.2) is 48.7 Å². The van der Waals surface area contributed by atoms with Gasteiger partial charge in [0.15, 0.2) is 0 Å². The number of carbonyl (C=O) groups excluding carboxylic acids is 1. The number of amides is 1. The summed E-state index contributed by atoms with van der Waals surface area (Å²) in [6.07, 6.45) is 5.40. The van der Waals surface area contributed by atoms with Crippen LogP contribution < -0.4 is 5.32 Å². The quantitative estimate of drug-likeness (QED) is 0.747. The van der Waals surface area contributed by atoms with Crippen LogP contribution in [0.1, 0.15) is 29.6 Å². The fraction of sp³-hybridized carbons (Fsp3) is 0.391. The molecule has 5 rings (SSSR count). The maximum Gasteiger partial charge on any atom is 0.253 e. The Hall–Kier alpha value is -2.66. The minimum Gasteiger partial charge on any atom is -0.338 e. The van der Waals surface area contributed by atoms with Crippen LogP contribution in [-0.4, -0.2) is 46.8 Å². The standard InChI is InChI=1S/C23H26N4O/c1-26-21-7-6-18(13-20(21)14-25-26)17-4-2-5-19(12-17)22(28)27-11-3-8-23(16-27)9-10-24-15-23/h2,4-7,12-14,24H,3,8-11,15-16H2,1H3/t23-/m1/s1. The lowest BCUT2D eigenvalue weighted by Crippen LogP contribution is -2.47. The highest BCUT2D eigenvalue weighted by molar-refractivity contribution is 5.96. The number of piperidine rings is 1. The number of nitrogens with one attached hydrogen (secondary N) is 1. The van der Waals surface area contributed by atoms with Crippen molar-refractivity contribution in [3.63, 3.8) is 0 Å². The van der Waals surface area contributed by atoms with Crippen molar-refractivity contribution in [2.75, 3.05) is 26.2 Å². The molecule has 2 saturated heterocycles. The van der Waals surface area contributed by atoms with Crippen molar-refractivity contribution in [2.45, 2.75) is 19.3 Å². The molecule has 28 heavy (non-hydrogen) atoms. The molecule has 5 heteroatoms. The number of hydrogen-bond acceptors (Lipinski definition) is 3. The molecule has 5 nitrogen and oxygen atoms in total. The van der Waals surface area contributed by atoms with Gasteiger partial charge < -0.3 is 10.2 Å². The van der Waals surface area contributed by atoms with Crippen LogP contribution in [0.25, 0.3) is 22.0 Å². The Kier molecular flexibility index (Phi) is 4.20. The fourth-order valence-electron chi connectivity index (χ4n) is 4.88. The maximum absolute atomic E-state index is 13.2. The number of benzene rings is 2. The van der Waals surface area contributed by atoms with Crippen LogP contribution >= 0.6 is 0 Å². The molecule has 2 aliphatic heterocycles. The van der Waals surface area contributed by atoms with E-state index in [2.05, 4.69) is 39.6 Å². The number of fused-ring (bicyclic) bond motifs is 1. The number of rotatable bonds is 2. The van der Waals surface area contributed by atoms with E-state index in [9.17, 15) is 4.79 Å². The lowest BCUT2D eigenvalue weighted by Gasteiger charge is -2.40. The average molecular weight is 374 g/mol. The van der Waals surface area contributed by atoms with Crippen LogP contribution in [-0.2, 0) is 7.05 Å². The summed E-state index contributed by atoms with van der Waals surface area (Å²) < 4.78 is 1.88. The van der Waals surface area contributed by atoms with Gasteiger partial charge in [-0.05, 0) is 61.2 Å². The zero-order chi connectivity index (χ0) is 19.1. The molecule has 1 aromatic heterocycles. The first-order valence-electron chi connectivity index (χ1n) is 10.2. The largest absolute Gasteiger partial charge is 0.338 e. The van der Waals surface area contributed by atoms with Crippen molar-refractivity contribution in [1.82, 2.24) is 20.0 Å². The monoisotopic (exact) mass is 374 g/mol. The Morgan fingerprint density at radius 1 is 1.14 bits per heavy atom. The number of aryl methyl sites for hydroxylation is 1. The van der Waals surface area contributed by atoms with Gasteiger partial charge in [0.25, 0.3) is 5.91 Å². The predicted octanol–water partition coefficient (Wildman–Crippen LogP) is 3.46. The average Bonchev–Trinajstić information content (AvgIpc) is 3.34.